The molecule has 4 fully saturated rings. The number of rotatable bonds is 18. The second-order valence-corrected chi connectivity index (χ2v) is 38.0. The molecule has 0 aliphatic carbocycles. The van der Waals surface area contributed by atoms with Crippen LogP contribution < -0.4 is 9.47 Å². The molecule has 4 aliphatic heterocycles. The van der Waals surface area contributed by atoms with Crippen LogP contribution in [-0.2, 0) is 56.8 Å². The van der Waals surface area contributed by atoms with Crippen LogP contribution >= 0.6 is 47.1 Å². The van der Waals surface area contributed by atoms with Gasteiger partial charge in [0.05, 0.1) is 165 Å². The van der Waals surface area contributed by atoms with E-state index in [0.717, 1.165) is 77.7 Å². The Bertz CT molecular complexity index is 4010. The summed E-state index contributed by atoms with van der Waals surface area (Å²) in [6.45, 7) is 51.3. The lowest BCUT2D eigenvalue weighted by atomic mass is 9.99. The van der Waals surface area contributed by atoms with Gasteiger partial charge in [-0.25, -0.2) is 9.97 Å². The Morgan fingerprint density at radius 1 is 0.434 bits per heavy atom. The first-order valence-corrected chi connectivity index (χ1v) is 39.6. The highest BCUT2D eigenvalue weighted by Crippen LogP contribution is 2.45. The third kappa shape index (κ3) is 26.1. The number of ether oxygens (including phenoxy) is 14. The average Bonchev–Trinajstić information content (AvgIpc) is 1.65. The summed E-state index contributed by atoms with van der Waals surface area (Å²) < 4.78 is 93.3. The molecule has 4 aromatic heterocycles. The van der Waals surface area contributed by atoms with E-state index in [1.54, 1.807) is 49.0 Å². The molecule has 3 aromatic carbocycles. The second-order valence-electron chi connectivity index (χ2n) is 35.5. The molecule has 586 valence electrons. The highest BCUT2D eigenvalue weighted by atomic mass is 32.1. The fraction of sp³-hybridized carbons (Fsp3) is 0.651. The number of hydrogen-bond acceptors (Lipinski definition) is 21. The molecule has 4 unspecified atom stereocenters. The van der Waals surface area contributed by atoms with E-state index in [1.807, 2.05) is 140 Å². The third-order valence-corrected chi connectivity index (χ3v) is 19.9. The number of fused-ring (bicyclic) bond motifs is 3. The molecule has 11 rings (SSSR count). The maximum Gasteiger partial charge on any atom is 0.137 e. The molecular weight excluding hydrogens is 1420 g/mol. The molecule has 0 saturated carbocycles. The minimum atomic E-state index is -0.266. The number of pyridine rings is 2. The highest BCUT2D eigenvalue weighted by molar-refractivity contribution is 7.72. The number of thiazole rings is 2. The van der Waals surface area contributed by atoms with Crippen LogP contribution in [0, 0.1) is 20.6 Å². The first kappa shape index (κ1) is 86.6. The van der Waals surface area contributed by atoms with Crippen molar-refractivity contribution in [2.45, 2.75) is 310 Å². The van der Waals surface area contributed by atoms with Crippen molar-refractivity contribution >= 4 is 78.3 Å². The molecular formula is C83H121N5O14S4. The molecule has 0 radical (unpaired) electrons. The molecule has 19 nitrogen and oxygen atoms in total. The highest BCUT2D eigenvalue weighted by Gasteiger charge is 2.45. The van der Waals surface area contributed by atoms with E-state index in [2.05, 4.69) is 129 Å². The normalized spacial score (nSPS) is 24.0. The predicted octanol–water partition coefficient (Wildman–Crippen LogP) is 20.3. The van der Waals surface area contributed by atoms with Gasteiger partial charge in [-0.15, -0.1) is 22.7 Å². The molecule has 23 heteroatoms. The van der Waals surface area contributed by atoms with E-state index in [9.17, 15) is 0 Å². The Balaban J connectivity index is 0.000000179. The maximum absolute atomic E-state index is 9.10. The van der Waals surface area contributed by atoms with Gasteiger partial charge in [0.25, 0.3) is 0 Å². The van der Waals surface area contributed by atoms with Crippen LogP contribution in [0.2, 0.25) is 0 Å². The maximum atomic E-state index is 9.10. The number of aromatic nitrogens is 4. The van der Waals surface area contributed by atoms with Gasteiger partial charge in [0.2, 0.25) is 0 Å². The van der Waals surface area contributed by atoms with Gasteiger partial charge < -0.3 is 75.5 Å². The van der Waals surface area contributed by atoms with Crippen LogP contribution in [0.15, 0.2) is 90.1 Å². The van der Waals surface area contributed by atoms with Gasteiger partial charge in [-0.1, -0.05) is 54.8 Å². The predicted molar refractivity (Wildman–Crippen MR) is 428 cm³/mol. The van der Waals surface area contributed by atoms with Crippen LogP contribution in [-0.4, -0.2) is 153 Å². The summed E-state index contributed by atoms with van der Waals surface area (Å²) >= 11 is 14.5. The van der Waals surface area contributed by atoms with Crippen molar-refractivity contribution in [1.29, 1.82) is 5.26 Å². The first-order chi connectivity index (χ1) is 49.1. The molecule has 4 saturated heterocycles. The van der Waals surface area contributed by atoms with Crippen LogP contribution in [0.5, 0.6) is 11.5 Å². The van der Waals surface area contributed by atoms with Crippen molar-refractivity contribution < 1.29 is 66.3 Å². The summed E-state index contributed by atoms with van der Waals surface area (Å²) in [6, 6.07) is 24.2. The van der Waals surface area contributed by atoms with E-state index < -0.39 is 0 Å². The summed E-state index contributed by atoms with van der Waals surface area (Å²) in [4.78, 5) is 8.67. The van der Waals surface area contributed by atoms with Crippen molar-refractivity contribution in [3.8, 4) is 17.6 Å². The molecule has 8 heterocycles. The molecule has 0 N–H and O–H groups in total. The number of hydrogen-bond donors (Lipinski definition) is 0. The Labute approximate surface area is 649 Å². The average molecular weight is 1540 g/mol. The molecule has 4 aliphatic rings. The quantitative estimate of drug-likeness (QED) is 0.0737. The Morgan fingerprint density at radius 2 is 0.774 bits per heavy atom. The zero-order valence-electron chi connectivity index (χ0n) is 67.8. The molecule has 0 amide bonds. The van der Waals surface area contributed by atoms with E-state index in [0.29, 0.717) is 37.7 Å². The third-order valence-electron chi connectivity index (χ3n) is 17.1. The summed E-state index contributed by atoms with van der Waals surface area (Å²) in [6.07, 6.45) is 5.68. The lowest BCUT2D eigenvalue weighted by molar-refractivity contribution is -0.132. The van der Waals surface area contributed by atoms with Gasteiger partial charge in [0, 0.05) is 49.2 Å². The Morgan fingerprint density at radius 3 is 1.12 bits per heavy atom. The van der Waals surface area contributed by atoms with Crippen LogP contribution in [0.25, 0.3) is 31.2 Å². The van der Waals surface area contributed by atoms with E-state index in [1.165, 1.54) is 5.39 Å². The summed E-state index contributed by atoms with van der Waals surface area (Å²) in [5.74, 6) is 1.52. The smallest absolute Gasteiger partial charge is 0.137 e. The van der Waals surface area contributed by atoms with Crippen LogP contribution in [0.3, 0.4) is 0 Å². The van der Waals surface area contributed by atoms with Crippen molar-refractivity contribution in [2.24, 2.45) is 0 Å². The number of nitriles is 1. The largest absolute Gasteiger partial charge is 0.496 e. The fourth-order valence-electron chi connectivity index (χ4n) is 12.7. The standard InChI is InChI=1S/C24H34O4.C21H31NO4.2C19H28N2O3S2/c1-23(2,3)26-15-22-21(28-24(4,5)6)14-20(27-22)18-12-16-10-8-9-11-17(16)13-19(18)25-7;1-20(2,3)24-13-19-18(26-21(4,5)6)11-17(25-19)15-9-8-14(12-22)10-16(15)23-7;2*1-18(2,3)22-10-14-13(24-19(4,5)6)9-15(23-14)21-8-7-12-16(17(21)25)26-11-20-12/h8-13,20-22H,14-15H2,1-7H3;8-10,17-19H,11,13H2,1-7H3;2*7-8,11,13-15H,9-10H2,1-6H3/t20-,21?,22-;17-,18?,19-;2*13?,14-,15-/m1111/s1. The summed E-state index contributed by atoms with van der Waals surface area (Å²) in [5, 5.41) is 11.4. The Hall–Kier alpha value is -4.95. The van der Waals surface area contributed by atoms with E-state index in [-0.39, 0.29) is 118 Å². The zero-order valence-corrected chi connectivity index (χ0v) is 71.1. The van der Waals surface area contributed by atoms with Gasteiger partial charge in [-0.2, -0.15) is 5.26 Å². The van der Waals surface area contributed by atoms with Gasteiger partial charge in [0.1, 0.15) is 57.7 Å². The van der Waals surface area contributed by atoms with Crippen LogP contribution in [0.1, 0.15) is 233 Å². The second kappa shape index (κ2) is 35.6. The first-order valence-electron chi connectivity index (χ1n) is 37.1. The molecule has 12 atom stereocenters. The van der Waals surface area contributed by atoms with Crippen molar-refractivity contribution in [3.05, 3.63) is 116 Å². The number of benzene rings is 3. The van der Waals surface area contributed by atoms with E-state index in [4.69, 9.17) is 96.0 Å². The minimum Gasteiger partial charge on any atom is -0.496 e. The SMILES string of the molecule is CC(C)(C)OC[C@H]1O[C@@H](n2ccc3ncsc3c2=S)CC1OC(C)(C)C.CC(C)(C)OC[C@H]1O[C@@H](n2ccc3ncsc3c2=S)CC1OC(C)(C)C.COc1cc(C#N)ccc1[C@H]1CC(OC(C)(C)C)[C@@H](COC(C)(C)C)O1.COc1cc2ccccc2cc1[C@H]1CC(OC(C)(C)C)[C@@H](COC(C)(C)C)O1. The monoisotopic (exact) mass is 1540 g/mol. The van der Waals surface area contributed by atoms with Gasteiger partial charge in [-0.3, -0.25) is 0 Å². The van der Waals surface area contributed by atoms with E-state index >= 15 is 0 Å². The lowest BCUT2D eigenvalue weighted by Gasteiger charge is -2.29. The van der Waals surface area contributed by atoms with Gasteiger partial charge >= 0.3 is 0 Å². The van der Waals surface area contributed by atoms with Gasteiger partial charge in [-0.05, 0) is 213 Å². The lowest BCUT2D eigenvalue weighted by Crippen LogP contribution is -2.37. The van der Waals surface area contributed by atoms with Crippen molar-refractivity contribution in [2.75, 3.05) is 40.6 Å². The zero-order chi connectivity index (χ0) is 78.3. The molecule has 7 aromatic rings. The van der Waals surface area contributed by atoms with Crippen molar-refractivity contribution in [1.82, 2.24) is 19.1 Å². The molecule has 0 bridgehead atoms. The van der Waals surface area contributed by atoms with Crippen LogP contribution in [0.4, 0.5) is 0 Å². The minimum absolute atomic E-state index is 0.0245. The number of methoxy groups -OCH3 is 2. The Kier molecular flexibility index (Phi) is 29.1. The van der Waals surface area contributed by atoms with Crippen molar-refractivity contribution in [3.63, 3.8) is 0 Å². The summed E-state index contributed by atoms with van der Waals surface area (Å²) in [7, 11) is 3.32. The van der Waals surface area contributed by atoms with Gasteiger partial charge in [0.15, 0.2) is 0 Å². The molecule has 106 heavy (non-hydrogen) atoms. The topological polar surface area (TPSA) is 189 Å². The number of nitrogens with zero attached hydrogens (tertiary/aromatic N) is 5. The molecule has 0 spiro atoms. The fourth-order valence-corrected chi connectivity index (χ4v) is 15.0. The summed E-state index contributed by atoms with van der Waals surface area (Å²) in [5.41, 5.74) is 6.22.